The molecule has 1 fully saturated rings. The first-order valence-corrected chi connectivity index (χ1v) is 11.0. The van der Waals surface area contributed by atoms with E-state index in [0.717, 1.165) is 44.9 Å². The summed E-state index contributed by atoms with van der Waals surface area (Å²) in [6.45, 7) is 0.711. The molecule has 1 unspecified atom stereocenters. The van der Waals surface area contributed by atoms with E-state index in [0.29, 0.717) is 30.8 Å². The summed E-state index contributed by atoms with van der Waals surface area (Å²) in [5.74, 6) is 1.41. The van der Waals surface area contributed by atoms with Crippen molar-refractivity contribution < 1.29 is 4.92 Å². The highest BCUT2D eigenvalue weighted by Gasteiger charge is 2.44. The normalized spacial score (nSPS) is 32.5. The fraction of sp³-hybridized carbons (Fsp3) is 0.591. The second-order valence-electron chi connectivity index (χ2n) is 8.94. The largest absolute Gasteiger partial charge is 0.330 e. The van der Waals surface area contributed by atoms with Crippen molar-refractivity contribution in [2.75, 3.05) is 6.54 Å². The fourth-order valence-electron chi connectivity index (χ4n) is 5.16. The summed E-state index contributed by atoms with van der Waals surface area (Å²) < 4.78 is 0. The van der Waals surface area contributed by atoms with Crippen molar-refractivity contribution in [2.45, 2.75) is 63.1 Å². The standard InChI is InChI=1S/C22H32N6O2/c23-13-16-10-8-15(9-11-16)12-22(24)20(28(29)30)14-25-21(27-22)26-19-7-3-5-17-4-1-2-6-18(17)19/h1-2,4,6,14-16,19H,3,5,7-13,23-24H2,(H2,25,26,27)/t15?,16?,19-,22?/m1/s1. The predicted molar refractivity (Wildman–Crippen MR) is 117 cm³/mol. The van der Waals surface area contributed by atoms with E-state index >= 15 is 0 Å². The van der Waals surface area contributed by atoms with Crippen LogP contribution in [0, 0.1) is 22.0 Å². The van der Waals surface area contributed by atoms with E-state index in [1.807, 2.05) is 6.07 Å². The van der Waals surface area contributed by atoms with Gasteiger partial charge in [-0.2, -0.15) is 0 Å². The molecule has 4 rings (SSSR count). The lowest BCUT2D eigenvalue weighted by molar-refractivity contribution is -0.437. The van der Waals surface area contributed by atoms with E-state index in [1.54, 1.807) is 0 Å². The van der Waals surface area contributed by atoms with Crippen LogP contribution in [-0.2, 0) is 6.42 Å². The Balaban J connectivity index is 1.54. The van der Waals surface area contributed by atoms with Gasteiger partial charge in [-0.05, 0) is 80.9 Å². The summed E-state index contributed by atoms with van der Waals surface area (Å²) in [4.78, 5) is 16.2. The quantitative estimate of drug-likeness (QED) is 0.434. The first-order valence-electron chi connectivity index (χ1n) is 11.0. The minimum absolute atomic E-state index is 0.0275. The van der Waals surface area contributed by atoms with Crippen molar-refractivity contribution in [1.82, 2.24) is 10.6 Å². The minimum Gasteiger partial charge on any atom is -0.330 e. The predicted octanol–water partition coefficient (Wildman–Crippen LogP) is 2.54. The second-order valence-corrected chi connectivity index (χ2v) is 8.94. The monoisotopic (exact) mass is 412 g/mol. The SMILES string of the molecule is NCC1CCC(CC2(N)NC(=N[C@@H]3CCCc4ccccc43)NC=C2[N+](=O)[O-])CC1. The third-order valence-corrected chi connectivity index (χ3v) is 6.87. The molecule has 8 heteroatoms. The van der Waals surface area contributed by atoms with Crippen molar-refractivity contribution in [1.29, 1.82) is 0 Å². The van der Waals surface area contributed by atoms with E-state index in [9.17, 15) is 10.1 Å². The average molecular weight is 413 g/mol. The number of hydrogen-bond donors (Lipinski definition) is 4. The van der Waals surface area contributed by atoms with Crippen LogP contribution < -0.4 is 22.1 Å². The van der Waals surface area contributed by atoms with Gasteiger partial charge in [0, 0.05) is 0 Å². The van der Waals surface area contributed by atoms with Crippen LogP contribution in [0.1, 0.15) is 62.1 Å². The van der Waals surface area contributed by atoms with Crippen LogP contribution >= 0.6 is 0 Å². The number of nitrogens with zero attached hydrogens (tertiary/aromatic N) is 2. The van der Waals surface area contributed by atoms with Gasteiger partial charge in [0.2, 0.25) is 0 Å². The van der Waals surface area contributed by atoms with Crippen LogP contribution in [0.3, 0.4) is 0 Å². The molecule has 162 valence electrons. The second kappa shape index (κ2) is 8.73. The number of aliphatic imine (C=N–C) groups is 1. The van der Waals surface area contributed by atoms with Gasteiger partial charge in [0.25, 0.3) is 0 Å². The van der Waals surface area contributed by atoms with Crippen LogP contribution in [0.2, 0.25) is 0 Å². The van der Waals surface area contributed by atoms with Gasteiger partial charge >= 0.3 is 5.70 Å². The Bertz CT molecular complexity index is 846. The van der Waals surface area contributed by atoms with E-state index in [-0.39, 0.29) is 11.7 Å². The Morgan fingerprint density at radius 3 is 2.63 bits per heavy atom. The molecule has 0 saturated heterocycles. The molecule has 0 bridgehead atoms. The lowest BCUT2D eigenvalue weighted by Crippen LogP contribution is -2.64. The van der Waals surface area contributed by atoms with Crippen molar-refractivity contribution in [2.24, 2.45) is 28.3 Å². The van der Waals surface area contributed by atoms with Gasteiger partial charge in [0.15, 0.2) is 11.6 Å². The number of rotatable bonds is 5. The summed E-state index contributed by atoms with van der Waals surface area (Å²) in [6.07, 6.45) is 9.15. The lowest BCUT2D eigenvalue weighted by Gasteiger charge is -2.37. The number of nitro groups is 1. The first-order chi connectivity index (χ1) is 14.5. The Kier molecular flexibility index (Phi) is 6.06. The fourth-order valence-corrected chi connectivity index (χ4v) is 5.16. The average Bonchev–Trinajstić information content (AvgIpc) is 2.74. The van der Waals surface area contributed by atoms with E-state index in [2.05, 4.69) is 28.8 Å². The molecule has 1 saturated carbocycles. The van der Waals surface area contributed by atoms with E-state index in [4.69, 9.17) is 16.5 Å². The summed E-state index contributed by atoms with van der Waals surface area (Å²) in [5.41, 5.74) is 13.7. The van der Waals surface area contributed by atoms with Gasteiger partial charge in [0.1, 0.15) is 0 Å². The lowest BCUT2D eigenvalue weighted by atomic mass is 9.77. The Labute approximate surface area is 177 Å². The maximum Gasteiger partial charge on any atom is 0.301 e. The molecule has 2 aliphatic carbocycles. The highest BCUT2D eigenvalue weighted by atomic mass is 16.6. The third-order valence-electron chi connectivity index (χ3n) is 6.87. The maximum absolute atomic E-state index is 11.7. The molecule has 30 heavy (non-hydrogen) atoms. The summed E-state index contributed by atoms with van der Waals surface area (Å²) in [6, 6.07) is 8.39. The number of nitrogens with two attached hydrogens (primary N) is 2. The van der Waals surface area contributed by atoms with Gasteiger partial charge in [-0.1, -0.05) is 24.3 Å². The molecule has 0 aromatic heterocycles. The van der Waals surface area contributed by atoms with Crippen molar-refractivity contribution in [3.63, 3.8) is 0 Å². The molecule has 1 heterocycles. The molecular formula is C22H32N6O2. The highest BCUT2D eigenvalue weighted by molar-refractivity contribution is 5.83. The Hall–Kier alpha value is -2.45. The molecule has 1 aromatic carbocycles. The number of benzene rings is 1. The number of hydrogen-bond acceptors (Lipinski definition) is 5. The Morgan fingerprint density at radius 2 is 1.90 bits per heavy atom. The third kappa shape index (κ3) is 4.34. The zero-order chi connectivity index (χ0) is 21.1. The smallest absolute Gasteiger partial charge is 0.301 e. The summed E-state index contributed by atoms with van der Waals surface area (Å²) in [7, 11) is 0. The molecule has 6 N–H and O–H groups in total. The summed E-state index contributed by atoms with van der Waals surface area (Å²) >= 11 is 0. The number of guanidine groups is 1. The van der Waals surface area contributed by atoms with Gasteiger partial charge < -0.3 is 16.4 Å². The van der Waals surface area contributed by atoms with Crippen molar-refractivity contribution >= 4 is 5.96 Å². The molecule has 0 radical (unpaired) electrons. The van der Waals surface area contributed by atoms with Crippen LogP contribution in [-0.4, -0.2) is 23.1 Å². The molecule has 2 atom stereocenters. The molecule has 1 aliphatic heterocycles. The molecule has 0 spiro atoms. The van der Waals surface area contributed by atoms with Crippen LogP contribution in [0.15, 0.2) is 41.2 Å². The molecule has 8 nitrogen and oxygen atoms in total. The number of fused-ring (bicyclic) bond motifs is 1. The minimum atomic E-state index is -1.23. The zero-order valence-electron chi connectivity index (χ0n) is 17.3. The van der Waals surface area contributed by atoms with Crippen molar-refractivity contribution in [3.8, 4) is 0 Å². The van der Waals surface area contributed by atoms with Crippen molar-refractivity contribution in [3.05, 3.63) is 57.4 Å². The molecule has 3 aliphatic rings. The van der Waals surface area contributed by atoms with Gasteiger partial charge in [-0.25, -0.2) is 4.99 Å². The topological polar surface area (TPSA) is 132 Å². The van der Waals surface area contributed by atoms with Gasteiger partial charge in [-0.15, -0.1) is 0 Å². The van der Waals surface area contributed by atoms with E-state index in [1.165, 1.54) is 17.3 Å². The number of nitrogens with one attached hydrogen (secondary N) is 2. The highest BCUT2D eigenvalue weighted by Crippen LogP contribution is 2.36. The van der Waals surface area contributed by atoms with Crippen LogP contribution in [0.5, 0.6) is 0 Å². The van der Waals surface area contributed by atoms with E-state index < -0.39 is 10.6 Å². The molecular weight excluding hydrogens is 380 g/mol. The number of aryl methyl sites for hydroxylation is 1. The molecule has 0 amide bonds. The molecule has 1 aromatic rings. The van der Waals surface area contributed by atoms with Crippen LogP contribution in [0.25, 0.3) is 0 Å². The van der Waals surface area contributed by atoms with Crippen LogP contribution in [0.4, 0.5) is 0 Å². The van der Waals surface area contributed by atoms with Gasteiger partial charge in [-0.3, -0.25) is 15.8 Å². The maximum atomic E-state index is 11.7. The summed E-state index contributed by atoms with van der Waals surface area (Å²) in [5, 5.41) is 17.9. The first kappa shape index (κ1) is 20.8. The Morgan fingerprint density at radius 1 is 1.17 bits per heavy atom. The van der Waals surface area contributed by atoms with Gasteiger partial charge in [0.05, 0.1) is 17.2 Å². The zero-order valence-corrected chi connectivity index (χ0v) is 17.3.